The van der Waals surface area contributed by atoms with Crippen molar-refractivity contribution >= 4 is 18.0 Å². The highest BCUT2D eigenvalue weighted by Crippen LogP contribution is 2.31. The van der Waals surface area contributed by atoms with Crippen molar-refractivity contribution in [3.8, 4) is 0 Å². The summed E-state index contributed by atoms with van der Waals surface area (Å²) in [7, 11) is 0. The highest BCUT2D eigenvalue weighted by atomic mass is 16.6. The van der Waals surface area contributed by atoms with Gasteiger partial charge in [-0.2, -0.15) is 0 Å². The Kier molecular flexibility index (Phi) is 5.01. The topological polar surface area (TPSA) is 95.9 Å². The fourth-order valence-corrected chi connectivity index (χ4v) is 3.04. The van der Waals surface area contributed by atoms with Crippen molar-refractivity contribution in [2.75, 3.05) is 0 Å². The number of nitrogens with one attached hydrogen (secondary N) is 1. The molecule has 2 N–H and O–H groups in total. The summed E-state index contributed by atoms with van der Waals surface area (Å²) in [6.07, 6.45) is 4.04. The third-order valence-corrected chi connectivity index (χ3v) is 4.05. The Hall–Kier alpha value is -2.31. The van der Waals surface area contributed by atoms with Crippen LogP contribution in [0, 0.1) is 0 Å². The lowest BCUT2D eigenvalue weighted by Gasteiger charge is -2.33. The third-order valence-electron chi connectivity index (χ3n) is 4.05. The van der Waals surface area contributed by atoms with Gasteiger partial charge in [-0.1, -0.05) is 18.7 Å². The Bertz CT molecular complexity index is 590. The van der Waals surface area contributed by atoms with Crippen LogP contribution in [0.4, 0.5) is 4.79 Å². The molecule has 0 aromatic rings. The maximum atomic E-state index is 12.9. The van der Waals surface area contributed by atoms with E-state index in [0.29, 0.717) is 18.4 Å². The van der Waals surface area contributed by atoms with Gasteiger partial charge in [0, 0.05) is 0 Å². The molecule has 132 valence electrons. The molecule has 3 atom stereocenters. The van der Waals surface area contributed by atoms with Gasteiger partial charge in [0.1, 0.15) is 17.7 Å². The zero-order valence-corrected chi connectivity index (χ0v) is 14.2. The predicted molar refractivity (Wildman–Crippen MR) is 87.3 cm³/mol. The average Bonchev–Trinajstić information content (AvgIpc) is 2.86. The number of carbonyl (C=O) groups is 3. The number of alkyl carbamates (subject to hydrolysis) is 1. The number of hydrogen-bond acceptors (Lipinski definition) is 4. The van der Waals surface area contributed by atoms with Crippen molar-refractivity contribution in [2.24, 2.45) is 0 Å². The van der Waals surface area contributed by atoms with Gasteiger partial charge < -0.3 is 20.1 Å². The number of nitrogens with zero attached hydrogens (tertiary/aromatic N) is 1. The second-order valence-electron chi connectivity index (χ2n) is 7.10. The second-order valence-corrected chi connectivity index (χ2v) is 7.10. The second kappa shape index (κ2) is 6.67. The molecule has 2 aliphatic heterocycles. The first-order chi connectivity index (χ1) is 11.1. The van der Waals surface area contributed by atoms with Crippen molar-refractivity contribution in [3.63, 3.8) is 0 Å². The number of amides is 2. The Balaban J connectivity index is 2.22. The van der Waals surface area contributed by atoms with Crippen LogP contribution in [-0.4, -0.2) is 51.7 Å². The lowest BCUT2D eigenvalue weighted by molar-refractivity contribution is -0.150. The minimum absolute atomic E-state index is 0.257. The Labute approximate surface area is 141 Å². The molecule has 2 aliphatic rings. The van der Waals surface area contributed by atoms with Crippen molar-refractivity contribution in [1.82, 2.24) is 10.2 Å². The molecular weight excluding hydrogens is 312 g/mol. The van der Waals surface area contributed by atoms with E-state index in [9.17, 15) is 19.5 Å². The summed E-state index contributed by atoms with van der Waals surface area (Å²) in [6.45, 7) is 9.12. The summed E-state index contributed by atoms with van der Waals surface area (Å²) >= 11 is 0. The van der Waals surface area contributed by atoms with Gasteiger partial charge >= 0.3 is 12.1 Å². The summed E-state index contributed by atoms with van der Waals surface area (Å²) in [4.78, 5) is 37.7. The van der Waals surface area contributed by atoms with Crippen LogP contribution >= 0.6 is 0 Å². The van der Waals surface area contributed by atoms with Crippen LogP contribution in [0.3, 0.4) is 0 Å². The van der Waals surface area contributed by atoms with Gasteiger partial charge in [-0.05, 0) is 45.6 Å². The van der Waals surface area contributed by atoms with Crippen LogP contribution in [0.15, 0.2) is 24.3 Å². The number of rotatable bonds is 2. The fourth-order valence-electron chi connectivity index (χ4n) is 3.04. The first-order valence-electron chi connectivity index (χ1n) is 8.00. The molecule has 0 aromatic carbocycles. The van der Waals surface area contributed by atoms with E-state index in [0.717, 1.165) is 0 Å². The molecule has 0 aromatic heterocycles. The molecule has 1 fully saturated rings. The largest absolute Gasteiger partial charge is 0.480 e. The van der Waals surface area contributed by atoms with E-state index in [-0.39, 0.29) is 12.5 Å². The van der Waals surface area contributed by atoms with Gasteiger partial charge in [-0.15, -0.1) is 0 Å². The van der Waals surface area contributed by atoms with Gasteiger partial charge in [0.2, 0.25) is 5.91 Å². The first kappa shape index (κ1) is 18.0. The maximum Gasteiger partial charge on any atom is 0.408 e. The van der Waals surface area contributed by atoms with Crippen LogP contribution in [0.5, 0.6) is 0 Å². The van der Waals surface area contributed by atoms with Crippen LogP contribution < -0.4 is 5.32 Å². The predicted octanol–water partition coefficient (Wildman–Crippen LogP) is 1.84. The van der Waals surface area contributed by atoms with Gasteiger partial charge in [0.15, 0.2) is 0 Å². The van der Waals surface area contributed by atoms with Crippen LogP contribution in [0.25, 0.3) is 0 Å². The number of carbonyl (C=O) groups excluding carboxylic acids is 2. The highest BCUT2D eigenvalue weighted by Gasteiger charge is 2.44. The molecule has 0 aliphatic carbocycles. The van der Waals surface area contributed by atoms with Crippen molar-refractivity contribution in [3.05, 3.63) is 24.3 Å². The van der Waals surface area contributed by atoms with E-state index < -0.39 is 35.7 Å². The number of carboxylic acids is 1. The Morgan fingerprint density at radius 2 is 2.04 bits per heavy atom. The van der Waals surface area contributed by atoms with E-state index in [2.05, 4.69) is 11.9 Å². The molecule has 1 saturated heterocycles. The quantitative estimate of drug-likeness (QED) is 0.802. The van der Waals surface area contributed by atoms with Gasteiger partial charge in [0.25, 0.3) is 0 Å². The van der Waals surface area contributed by atoms with E-state index in [1.54, 1.807) is 32.9 Å². The smallest absolute Gasteiger partial charge is 0.408 e. The Morgan fingerprint density at radius 1 is 1.38 bits per heavy atom. The molecule has 2 rings (SSSR count). The fraction of sp³-hybridized carbons (Fsp3) is 0.588. The van der Waals surface area contributed by atoms with E-state index in [1.807, 2.05) is 0 Å². The maximum absolute atomic E-state index is 12.9. The van der Waals surface area contributed by atoms with E-state index >= 15 is 0 Å². The Morgan fingerprint density at radius 3 is 2.62 bits per heavy atom. The molecule has 0 spiro atoms. The van der Waals surface area contributed by atoms with Gasteiger partial charge in [0.05, 0.1) is 6.04 Å². The first-order valence-corrected chi connectivity index (χ1v) is 8.00. The molecule has 7 nitrogen and oxygen atoms in total. The standard InChI is InChI=1S/C17H24N2O5/c1-10-6-5-7-11(18-16(23)24-17(2,3)4)14(20)19-12(10)8-9-13(19)15(21)22/h5-6,11-13H,1,7-9H2,2-4H3,(H,18,23)(H,21,22)/t11-,12+,13-/m0/s1. The number of hydrogen-bond donors (Lipinski definition) is 2. The summed E-state index contributed by atoms with van der Waals surface area (Å²) in [5.41, 5.74) is 0.0291. The molecule has 2 amide bonds. The van der Waals surface area contributed by atoms with Crippen LogP contribution in [-0.2, 0) is 14.3 Å². The molecule has 0 saturated carbocycles. The molecule has 0 radical (unpaired) electrons. The summed E-state index contributed by atoms with van der Waals surface area (Å²) < 4.78 is 5.19. The molecule has 2 heterocycles. The molecule has 0 unspecified atom stereocenters. The summed E-state index contributed by atoms with van der Waals surface area (Å²) in [5.74, 6) is -1.46. The molecule has 24 heavy (non-hydrogen) atoms. The number of ether oxygens (including phenoxy) is 1. The lowest BCUT2D eigenvalue weighted by Crippen LogP contribution is -2.55. The summed E-state index contributed by atoms with van der Waals surface area (Å²) in [5, 5.41) is 11.9. The van der Waals surface area contributed by atoms with E-state index in [1.165, 1.54) is 4.90 Å². The third kappa shape index (κ3) is 3.96. The zero-order chi connectivity index (χ0) is 18.1. The lowest BCUT2D eigenvalue weighted by atomic mass is 10.0. The minimum Gasteiger partial charge on any atom is -0.480 e. The number of fused-ring (bicyclic) bond motifs is 1. The highest BCUT2D eigenvalue weighted by molar-refractivity contribution is 5.90. The van der Waals surface area contributed by atoms with E-state index in [4.69, 9.17) is 4.74 Å². The van der Waals surface area contributed by atoms with Crippen molar-refractivity contribution in [1.29, 1.82) is 0 Å². The van der Waals surface area contributed by atoms with Crippen molar-refractivity contribution in [2.45, 2.75) is 63.8 Å². The number of carboxylic acid groups (broad SMARTS) is 1. The van der Waals surface area contributed by atoms with Gasteiger partial charge in [-0.3, -0.25) is 4.79 Å². The summed E-state index contributed by atoms with van der Waals surface area (Å²) in [6, 6.07) is -2.10. The normalized spacial score (nSPS) is 27.3. The molecule has 7 heteroatoms. The molecule has 0 bridgehead atoms. The van der Waals surface area contributed by atoms with Gasteiger partial charge in [-0.25, -0.2) is 9.59 Å². The van der Waals surface area contributed by atoms with Crippen molar-refractivity contribution < 1.29 is 24.2 Å². The number of aliphatic carboxylic acids is 1. The zero-order valence-electron chi connectivity index (χ0n) is 14.2. The average molecular weight is 336 g/mol. The minimum atomic E-state index is -1.04. The SMILES string of the molecule is C=C1C=CC[C@H](NC(=O)OC(C)(C)C)C(=O)N2[C@@H]1CC[C@H]2C(=O)O. The van der Waals surface area contributed by atoms with Crippen LogP contribution in [0.1, 0.15) is 40.0 Å². The van der Waals surface area contributed by atoms with Crippen LogP contribution in [0.2, 0.25) is 0 Å². The molecular formula is C17H24N2O5. The monoisotopic (exact) mass is 336 g/mol.